The molecule has 0 atom stereocenters. The van der Waals surface area contributed by atoms with Crippen LogP contribution in [-0.4, -0.2) is 5.91 Å². The summed E-state index contributed by atoms with van der Waals surface area (Å²) in [6.45, 7) is 0. The van der Waals surface area contributed by atoms with Crippen molar-refractivity contribution in [3.63, 3.8) is 0 Å². The zero-order valence-corrected chi connectivity index (χ0v) is 10.3. The summed E-state index contributed by atoms with van der Waals surface area (Å²) >= 11 is 5.57. The number of hydrogen-bond donors (Lipinski definition) is 2. The lowest BCUT2D eigenvalue weighted by atomic mass is 10.2. The van der Waals surface area contributed by atoms with Crippen molar-refractivity contribution in [2.45, 2.75) is 0 Å². The average molecular weight is 283 g/mol. The number of nitrogens with two attached hydrogens (primary N) is 1. The molecule has 0 unspecified atom stereocenters. The average Bonchev–Trinajstić information content (AvgIpc) is 2.37. The molecule has 0 saturated carbocycles. The normalized spacial score (nSPS) is 10.3. The van der Waals surface area contributed by atoms with Crippen molar-refractivity contribution in [3.05, 3.63) is 58.6 Å². The highest BCUT2D eigenvalue weighted by Crippen LogP contribution is 2.20. The number of nitrogens with one attached hydrogen (secondary N) is 1. The Morgan fingerprint density at radius 1 is 1.11 bits per heavy atom. The van der Waals surface area contributed by atoms with E-state index in [0.717, 1.165) is 18.2 Å². The van der Waals surface area contributed by atoms with Crippen molar-refractivity contribution >= 4 is 28.9 Å². The Hall–Kier alpha value is -2.14. The first-order chi connectivity index (χ1) is 8.97. The zero-order valence-electron chi connectivity index (χ0n) is 9.58. The Morgan fingerprint density at radius 2 is 1.79 bits per heavy atom. The maximum absolute atomic E-state index is 13.4. The summed E-state index contributed by atoms with van der Waals surface area (Å²) in [5.74, 6) is -1.85. The van der Waals surface area contributed by atoms with E-state index >= 15 is 0 Å². The van der Waals surface area contributed by atoms with E-state index in [-0.39, 0.29) is 16.3 Å². The molecule has 1 amide bonds. The van der Waals surface area contributed by atoms with Gasteiger partial charge in [0.25, 0.3) is 5.91 Å². The molecule has 0 aromatic heterocycles. The van der Waals surface area contributed by atoms with Gasteiger partial charge in [0.1, 0.15) is 11.6 Å². The molecular formula is C13H9ClF2N2O. The standard InChI is InChI=1S/C13H9ClF2N2O/c14-9-5-7(1-3-10(9)15)13(19)18-12-6-8(17)2-4-11(12)16/h1-6H,17H2,(H,18,19). The van der Waals surface area contributed by atoms with Gasteiger partial charge in [-0.25, -0.2) is 8.78 Å². The third-order valence-corrected chi connectivity index (χ3v) is 2.71. The van der Waals surface area contributed by atoms with E-state index in [1.165, 1.54) is 18.2 Å². The van der Waals surface area contributed by atoms with E-state index in [1.54, 1.807) is 0 Å². The number of hydrogen-bond acceptors (Lipinski definition) is 2. The summed E-state index contributed by atoms with van der Waals surface area (Å²) in [6, 6.07) is 7.28. The van der Waals surface area contributed by atoms with Crippen LogP contribution in [-0.2, 0) is 0 Å². The van der Waals surface area contributed by atoms with Crippen molar-refractivity contribution in [2.24, 2.45) is 0 Å². The molecule has 19 heavy (non-hydrogen) atoms. The fourth-order valence-electron chi connectivity index (χ4n) is 1.47. The van der Waals surface area contributed by atoms with Crippen LogP contribution in [0.2, 0.25) is 5.02 Å². The zero-order chi connectivity index (χ0) is 14.0. The molecule has 0 bridgehead atoms. The Labute approximate surface area is 113 Å². The van der Waals surface area contributed by atoms with Crippen LogP contribution in [0.5, 0.6) is 0 Å². The molecule has 2 aromatic rings. The van der Waals surface area contributed by atoms with Crippen LogP contribution >= 0.6 is 11.6 Å². The lowest BCUT2D eigenvalue weighted by molar-refractivity contribution is 0.102. The van der Waals surface area contributed by atoms with Crippen LogP contribution in [0.3, 0.4) is 0 Å². The number of nitrogen functional groups attached to an aromatic ring is 1. The molecule has 0 radical (unpaired) electrons. The van der Waals surface area contributed by atoms with E-state index in [9.17, 15) is 13.6 Å². The minimum Gasteiger partial charge on any atom is -0.399 e. The van der Waals surface area contributed by atoms with Gasteiger partial charge in [-0.3, -0.25) is 4.79 Å². The number of amides is 1. The first-order valence-electron chi connectivity index (χ1n) is 5.29. The van der Waals surface area contributed by atoms with Gasteiger partial charge in [0.2, 0.25) is 0 Å². The largest absolute Gasteiger partial charge is 0.399 e. The number of carbonyl (C=O) groups excluding carboxylic acids is 1. The van der Waals surface area contributed by atoms with Gasteiger partial charge in [-0.1, -0.05) is 11.6 Å². The molecule has 0 saturated heterocycles. The second kappa shape index (κ2) is 5.24. The summed E-state index contributed by atoms with van der Waals surface area (Å²) in [4.78, 5) is 11.8. The maximum Gasteiger partial charge on any atom is 0.255 e. The molecule has 2 aromatic carbocycles. The Kier molecular flexibility index (Phi) is 3.66. The van der Waals surface area contributed by atoms with Crippen LogP contribution in [0, 0.1) is 11.6 Å². The smallest absolute Gasteiger partial charge is 0.255 e. The van der Waals surface area contributed by atoms with Crippen LogP contribution in [0.4, 0.5) is 20.2 Å². The van der Waals surface area contributed by atoms with Gasteiger partial charge >= 0.3 is 0 Å². The van der Waals surface area contributed by atoms with Gasteiger partial charge in [0.05, 0.1) is 10.7 Å². The monoisotopic (exact) mass is 282 g/mol. The fourth-order valence-corrected chi connectivity index (χ4v) is 1.65. The van der Waals surface area contributed by atoms with Crippen molar-refractivity contribution < 1.29 is 13.6 Å². The van der Waals surface area contributed by atoms with E-state index in [4.69, 9.17) is 17.3 Å². The molecule has 2 rings (SSSR count). The van der Waals surface area contributed by atoms with Crippen LogP contribution in [0.25, 0.3) is 0 Å². The first-order valence-corrected chi connectivity index (χ1v) is 5.66. The number of rotatable bonds is 2. The van der Waals surface area contributed by atoms with Gasteiger partial charge in [0, 0.05) is 11.3 Å². The highest BCUT2D eigenvalue weighted by atomic mass is 35.5. The number of carbonyl (C=O) groups is 1. The topological polar surface area (TPSA) is 55.1 Å². The predicted octanol–water partition coefficient (Wildman–Crippen LogP) is 3.45. The third-order valence-electron chi connectivity index (χ3n) is 2.42. The molecule has 3 nitrogen and oxygen atoms in total. The minimum absolute atomic E-state index is 0.0505. The highest BCUT2D eigenvalue weighted by Gasteiger charge is 2.11. The van der Waals surface area contributed by atoms with E-state index < -0.39 is 17.5 Å². The van der Waals surface area contributed by atoms with Crippen LogP contribution in [0.15, 0.2) is 36.4 Å². The van der Waals surface area contributed by atoms with E-state index in [1.807, 2.05) is 0 Å². The predicted molar refractivity (Wildman–Crippen MR) is 70.2 cm³/mol. The summed E-state index contributed by atoms with van der Waals surface area (Å²) in [5.41, 5.74) is 5.88. The molecule has 0 aliphatic heterocycles. The van der Waals surface area contributed by atoms with E-state index in [0.29, 0.717) is 5.69 Å². The molecule has 0 heterocycles. The quantitative estimate of drug-likeness (QED) is 0.829. The summed E-state index contributed by atoms with van der Waals surface area (Å²) in [7, 11) is 0. The molecule has 3 N–H and O–H groups in total. The number of halogens is 3. The summed E-state index contributed by atoms with van der Waals surface area (Å²) in [6.07, 6.45) is 0. The second-order valence-corrected chi connectivity index (χ2v) is 4.23. The number of benzene rings is 2. The Balaban J connectivity index is 2.25. The first kappa shape index (κ1) is 13.3. The van der Waals surface area contributed by atoms with Crippen molar-refractivity contribution in [3.8, 4) is 0 Å². The van der Waals surface area contributed by atoms with Crippen molar-refractivity contribution in [1.82, 2.24) is 0 Å². The summed E-state index contributed by atoms with van der Waals surface area (Å²) in [5, 5.41) is 2.16. The van der Waals surface area contributed by atoms with Crippen LogP contribution < -0.4 is 11.1 Å². The molecule has 0 fully saturated rings. The van der Waals surface area contributed by atoms with Gasteiger partial charge in [-0.2, -0.15) is 0 Å². The third kappa shape index (κ3) is 3.00. The Bertz CT molecular complexity index is 647. The Morgan fingerprint density at radius 3 is 2.47 bits per heavy atom. The van der Waals surface area contributed by atoms with Gasteiger partial charge in [0.15, 0.2) is 0 Å². The van der Waals surface area contributed by atoms with E-state index in [2.05, 4.69) is 5.32 Å². The molecule has 0 aliphatic rings. The molecule has 0 aliphatic carbocycles. The molecular weight excluding hydrogens is 274 g/mol. The number of anilines is 2. The SMILES string of the molecule is Nc1ccc(F)c(NC(=O)c2ccc(F)c(Cl)c2)c1. The van der Waals surface area contributed by atoms with Gasteiger partial charge < -0.3 is 11.1 Å². The fraction of sp³-hybridized carbons (Fsp3) is 0. The second-order valence-electron chi connectivity index (χ2n) is 3.82. The molecule has 0 spiro atoms. The summed E-state index contributed by atoms with van der Waals surface area (Å²) < 4.78 is 26.4. The highest BCUT2D eigenvalue weighted by molar-refractivity contribution is 6.31. The minimum atomic E-state index is -0.631. The maximum atomic E-state index is 13.4. The van der Waals surface area contributed by atoms with Crippen LogP contribution in [0.1, 0.15) is 10.4 Å². The lowest BCUT2D eigenvalue weighted by Gasteiger charge is -2.07. The molecule has 98 valence electrons. The lowest BCUT2D eigenvalue weighted by Crippen LogP contribution is -2.13. The van der Waals surface area contributed by atoms with Gasteiger partial charge in [-0.15, -0.1) is 0 Å². The van der Waals surface area contributed by atoms with Crippen molar-refractivity contribution in [1.29, 1.82) is 0 Å². The van der Waals surface area contributed by atoms with Crippen molar-refractivity contribution in [2.75, 3.05) is 11.1 Å². The van der Waals surface area contributed by atoms with Gasteiger partial charge in [-0.05, 0) is 36.4 Å². The molecule has 6 heteroatoms.